The summed E-state index contributed by atoms with van der Waals surface area (Å²) in [7, 11) is 0. The van der Waals surface area contributed by atoms with Crippen LogP contribution >= 0.6 is 0 Å². The van der Waals surface area contributed by atoms with Gasteiger partial charge in [-0.15, -0.1) is 0 Å². The molecule has 0 amide bonds. The summed E-state index contributed by atoms with van der Waals surface area (Å²) in [6, 6.07) is -0.153. The second kappa shape index (κ2) is 4.64. The van der Waals surface area contributed by atoms with Crippen LogP contribution in [0.3, 0.4) is 0 Å². The van der Waals surface area contributed by atoms with E-state index in [1.54, 1.807) is 0 Å². The van der Waals surface area contributed by atoms with Gasteiger partial charge in [-0.3, -0.25) is 4.79 Å². The van der Waals surface area contributed by atoms with Gasteiger partial charge in [0.2, 0.25) is 0 Å². The monoisotopic (exact) mass is 211 g/mol. The van der Waals surface area contributed by atoms with Crippen LogP contribution in [0.15, 0.2) is 4.99 Å². The van der Waals surface area contributed by atoms with Gasteiger partial charge < -0.3 is 9.84 Å². The molecule has 2 rings (SSSR count). The Morgan fingerprint density at radius 3 is 2.80 bits per heavy atom. The molecule has 2 aliphatic rings. The van der Waals surface area contributed by atoms with E-state index in [4.69, 9.17) is 9.84 Å². The van der Waals surface area contributed by atoms with E-state index in [0.29, 0.717) is 12.5 Å². The predicted octanol–water partition coefficient (Wildman–Crippen LogP) is 1.84. The average Bonchev–Trinajstić information content (AvgIpc) is 2.67. The zero-order valence-electron chi connectivity index (χ0n) is 8.82. The molecule has 1 aliphatic heterocycles. The van der Waals surface area contributed by atoms with Gasteiger partial charge >= 0.3 is 5.97 Å². The fourth-order valence-corrected chi connectivity index (χ4v) is 2.31. The summed E-state index contributed by atoms with van der Waals surface area (Å²) in [4.78, 5) is 14.9. The molecule has 0 radical (unpaired) electrons. The van der Waals surface area contributed by atoms with Crippen LogP contribution in [0.2, 0.25) is 0 Å². The van der Waals surface area contributed by atoms with Crippen LogP contribution in [-0.2, 0) is 9.53 Å². The number of aliphatic imine (C=N–C) groups is 1. The minimum absolute atomic E-state index is 0.0935. The van der Waals surface area contributed by atoms with Crippen LogP contribution in [0.4, 0.5) is 0 Å². The lowest BCUT2D eigenvalue weighted by atomic mass is 9.89. The highest BCUT2D eigenvalue weighted by atomic mass is 16.5. The van der Waals surface area contributed by atoms with Crippen LogP contribution in [0.5, 0.6) is 0 Å². The van der Waals surface area contributed by atoms with Crippen molar-refractivity contribution in [1.29, 1.82) is 0 Å². The van der Waals surface area contributed by atoms with Gasteiger partial charge in [-0.2, -0.15) is 0 Å². The zero-order chi connectivity index (χ0) is 10.7. The molecule has 4 nitrogen and oxygen atoms in total. The normalized spacial score (nSPS) is 27.2. The fourth-order valence-electron chi connectivity index (χ4n) is 2.31. The molecule has 1 N–H and O–H groups in total. The second-order valence-corrected chi connectivity index (χ2v) is 4.36. The standard InChI is InChI=1S/C11H17NO3/c13-10(14)6-9-7-15-11(12-9)8-4-2-1-3-5-8/h8-9H,1-7H2,(H,13,14). The van der Waals surface area contributed by atoms with Crippen molar-refractivity contribution in [3.05, 3.63) is 0 Å². The minimum Gasteiger partial charge on any atom is -0.481 e. The number of carboxylic acids is 1. The van der Waals surface area contributed by atoms with Crippen molar-refractivity contribution >= 4 is 11.9 Å². The summed E-state index contributed by atoms with van der Waals surface area (Å²) >= 11 is 0. The van der Waals surface area contributed by atoms with Gasteiger partial charge in [0.1, 0.15) is 6.61 Å². The number of rotatable bonds is 3. The van der Waals surface area contributed by atoms with Gasteiger partial charge in [-0.1, -0.05) is 19.3 Å². The van der Waals surface area contributed by atoms with E-state index < -0.39 is 5.97 Å². The molecule has 1 heterocycles. The molecule has 0 bridgehead atoms. The molecule has 0 aromatic rings. The molecule has 1 atom stereocenters. The van der Waals surface area contributed by atoms with Gasteiger partial charge in [0, 0.05) is 5.92 Å². The Balaban J connectivity index is 1.90. The predicted molar refractivity (Wildman–Crippen MR) is 56.0 cm³/mol. The molecule has 1 unspecified atom stereocenters. The van der Waals surface area contributed by atoms with Gasteiger partial charge in [0.15, 0.2) is 5.90 Å². The molecule has 1 aliphatic carbocycles. The smallest absolute Gasteiger partial charge is 0.305 e. The van der Waals surface area contributed by atoms with Crippen molar-refractivity contribution in [1.82, 2.24) is 0 Å². The first-order valence-electron chi connectivity index (χ1n) is 5.68. The lowest BCUT2D eigenvalue weighted by Gasteiger charge is -2.20. The van der Waals surface area contributed by atoms with Gasteiger partial charge in [0.25, 0.3) is 0 Å². The molecule has 84 valence electrons. The maximum atomic E-state index is 10.5. The van der Waals surface area contributed by atoms with E-state index in [2.05, 4.69) is 4.99 Å². The number of hydrogen-bond acceptors (Lipinski definition) is 3. The van der Waals surface area contributed by atoms with Crippen LogP contribution < -0.4 is 0 Å². The molecule has 4 heteroatoms. The summed E-state index contributed by atoms with van der Waals surface area (Å²) in [6.07, 6.45) is 6.20. The summed E-state index contributed by atoms with van der Waals surface area (Å²) in [5, 5.41) is 8.65. The Labute approximate surface area is 89.3 Å². The molecule has 0 spiro atoms. The topological polar surface area (TPSA) is 58.9 Å². The van der Waals surface area contributed by atoms with Crippen molar-refractivity contribution in [2.24, 2.45) is 10.9 Å². The molecule has 1 saturated carbocycles. The highest BCUT2D eigenvalue weighted by Gasteiger charge is 2.28. The Morgan fingerprint density at radius 2 is 2.13 bits per heavy atom. The summed E-state index contributed by atoms with van der Waals surface area (Å²) in [5.41, 5.74) is 0. The maximum Gasteiger partial charge on any atom is 0.305 e. The third kappa shape index (κ3) is 2.70. The highest BCUT2D eigenvalue weighted by Crippen LogP contribution is 2.27. The van der Waals surface area contributed by atoms with Gasteiger partial charge in [-0.25, -0.2) is 4.99 Å². The number of nitrogens with zero attached hydrogens (tertiary/aromatic N) is 1. The quantitative estimate of drug-likeness (QED) is 0.774. The van der Waals surface area contributed by atoms with Crippen LogP contribution in [0, 0.1) is 5.92 Å². The van der Waals surface area contributed by atoms with Crippen LogP contribution in [-0.4, -0.2) is 29.6 Å². The van der Waals surface area contributed by atoms with E-state index in [1.165, 1.54) is 19.3 Å². The average molecular weight is 211 g/mol. The largest absolute Gasteiger partial charge is 0.481 e. The number of ether oxygens (including phenoxy) is 1. The van der Waals surface area contributed by atoms with E-state index in [1.807, 2.05) is 0 Å². The number of carbonyl (C=O) groups is 1. The third-order valence-corrected chi connectivity index (χ3v) is 3.10. The van der Waals surface area contributed by atoms with E-state index in [0.717, 1.165) is 18.7 Å². The first kappa shape index (κ1) is 10.5. The molecular weight excluding hydrogens is 194 g/mol. The van der Waals surface area contributed by atoms with Gasteiger partial charge in [-0.05, 0) is 12.8 Å². The summed E-state index contributed by atoms with van der Waals surface area (Å²) < 4.78 is 5.49. The molecule has 0 aromatic carbocycles. The Hall–Kier alpha value is -1.06. The molecule has 0 saturated heterocycles. The Kier molecular flexibility index (Phi) is 3.23. The molecule has 0 aromatic heterocycles. The summed E-state index contributed by atoms with van der Waals surface area (Å²) in [6.45, 7) is 0.456. The minimum atomic E-state index is -0.794. The number of hydrogen-bond donors (Lipinski definition) is 1. The van der Waals surface area contributed by atoms with Crippen LogP contribution in [0.25, 0.3) is 0 Å². The molecular formula is C11H17NO3. The molecule has 1 fully saturated rings. The van der Waals surface area contributed by atoms with Crippen molar-refractivity contribution in [3.63, 3.8) is 0 Å². The Bertz CT molecular complexity index is 269. The van der Waals surface area contributed by atoms with E-state index in [9.17, 15) is 4.79 Å². The lowest BCUT2D eigenvalue weighted by molar-refractivity contribution is -0.137. The first-order valence-corrected chi connectivity index (χ1v) is 5.68. The maximum absolute atomic E-state index is 10.5. The fraction of sp³-hybridized carbons (Fsp3) is 0.818. The van der Waals surface area contributed by atoms with Gasteiger partial charge in [0.05, 0.1) is 12.5 Å². The van der Waals surface area contributed by atoms with Crippen molar-refractivity contribution in [2.75, 3.05) is 6.61 Å². The molecule has 15 heavy (non-hydrogen) atoms. The third-order valence-electron chi connectivity index (χ3n) is 3.10. The van der Waals surface area contributed by atoms with E-state index >= 15 is 0 Å². The lowest BCUT2D eigenvalue weighted by Crippen LogP contribution is -2.17. The van der Waals surface area contributed by atoms with Crippen LogP contribution in [0.1, 0.15) is 38.5 Å². The Morgan fingerprint density at radius 1 is 1.40 bits per heavy atom. The number of carboxylic acid groups (broad SMARTS) is 1. The van der Waals surface area contributed by atoms with Crippen molar-refractivity contribution < 1.29 is 14.6 Å². The first-order chi connectivity index (χ1) is 7.25. The second-order valence-electron chi connectivity index (χ2n) is 4.36. The zero-order valence-corrected chi connectivity index (χ0v) is 8.82. The van der Waals surface area contributed by atoms with E-state index in [-0.39, 0.29) is 12.5 Å². The number of aliphatic carboxylic acids is 1. The highest BCUT2D eigenvalue weighted by molar-refractivity contribution is 5.81. The van der Waals surface area contributed by atoms with Crippen molar-refractivity contribution in [3.8, 4) is 0 Å². The van der Waals surface area contributed by atoms with Crippen molar-refractivity contribution in [2.45, 2.75) is 44.6 Å². The SMILES string of the molecule is O=C(O)CC1COC(C2CCCCC2)=N1. The summed E-state index contributed by atoms with van der Waals surface area (Å²) in [5.74, 6) is 0.482.